The van der Waals surface area contributed by atoms with Crippen LogP contribution in [0.25, 0.3) is 11.3 Å². The maximum absolute atomic E-state index is 12.5. The number of nitrogens with one attached hydrogen (secondary N) is 1. The summed E-state index contributed by atoms with van der Waals surface area (Å²) >= 11 is 0. The lowest BCUT2D eigenvalue weighted by atomic mass is 10.1. The van der Waals surface area contributed by atoms with Crippen LogP contribution in [-0.2, 0) is 12.7 Å². The van der Waals surface area contributed by atoms with Gasteiger partial charge in [-0.25, -0.2) is 0 Å². The van der Waals surface area contributed by atoms with Crippen LogP contribution in [0.3, 0.4) is 0 Å². The quantitative estimate of drug-likeness (QED) is 0.925. The van der Waals surface area contributed by atoms with Gasteiger partial charge in [-0.1, -0.05) is 18.2 Å². The fourth-order valence-corrected chi connectivity index (χ4v) is 1.96. The molecule has 20 heavy (non-hydrogen) atoms. The third-order valence-electron chi connectivity index (χ3n) is 3.07. The third-order valence-corrected chi connectivity index (χ3v) is 3.07. The summed E-state index contributed by atoms with van der Waals surface area (Å²) < 4.78 is 37.5. The van der Waals surface area contributed by atoms with Crippen molar-refractivity contribution in [2.75, 3.05) is 7.05 Å². The van der Waals surface area contributed by atoms with Crippen molar-refractivity contribution in [1.29, 1.82) is 0 Å². The molecule has 0 fully saturated rings. The van der Waals surface area contributed by atoms with Gasteiger partial charge in [-0.2, -0.15) is 13.2 Å². The molecular formula is C15H15F3N2. The molecule has 0 unspecified atom stereocenters. The summed E-state index contributed by atoms with van der Waals surface area (Å²) in [5.41, 5.74) is 2.65. The molecule has 0 saturated heterocycles. The molecule has 0 radical (unpaired) electrons. The molecule has 0 aliphatic heterocycles. The van der Waals surface area contributed by atoms with Gasteiger partial charge in [0.2, 0.25) is 0 Å². The van der Waals surface area contributed by atoms with Crippen molar-refractivity contribution >= 4 is 0 Å². The highest BCUT2D eigenvalue weighted by atomic mass is 19.4. The highest BCUT2D eigenvalue weighted by molar-refractivity contribution is 5.60. The Morgan fingerprint density at radius 3 is 2.20 bits per heavy atom. The first-order valence-electron chi connectivity index (χ1n) is 6.20. The van der Waals surface area contributed by atoms with E-state index in [-0.39, 0.29) is 0 Å². The van der Waals surface area contributed by atoms with Crippen LogP contribution in [0.1, 0.15) is 16.8 Å². The van der Waals surface area contributed by atoms with Crippen molar-refractivity contribution in [3.63, 3.8) is 0 Å². The average Bonchev–Trinajstić information content (AvgIpc) is 2.40. The molecule has 0 spiro atoms. The molecule has 0 saturated carbocycles. The number of alkyl halides is 3. The highest BCUT2D eigenvalue weighted by Gasteiger charge is 2.29. The van der Waals surface area contributed by atoms with Gasteiger partial charge in [0, 0.05) is 17.8 Å². The van der Waals surface area contributed by atoms with Crippen molar-refractivity contribution in [1.82, 2.24) is 10.3 Å². The minimum atomic E-state index is -4.31. The predicted molar refractivity (Wildman–Crippen MR) is 72.2 cm³/mol. The number of nitrogens with zero attached hydrogens (tertiary/aromatic N) is 1. The molecular weight excluding hydrogens is 265 g/mol. The Bertz CT molecular complexity index is 589. The molecule has 5 heteroatoms. The van der Waals surface area contributed by atoms with Crippen LogP contribution in [0.15, 0.2) is 36.4 Å². The SMILES string of the molecule is CNCc1ccc(-c2ccc(C(F)(F)F)cc2)nc1C. The molecule has 2 rings (SSSR count). The standard InChI is InChI=1S/C15H15F3N2/c1-10-12(9-19-2)5-8-14(20-10)11-3-6-13(7-4-11)15(16,17)18/h3-8,19H,9H2,1-2H3. The number of rotatable bonds is 3. The number of hydrogen-bond donors (Lipinski definition) is 1. The summed E-state index contributed by atoms with van der Waals surface area (Å²) in [4.78, 5) is 4.43. The number of pyridine rings is 1. The Kier molecular flexibility index (Phi) is 4.09. The number of hydrogen-bond acceptors (Lipinski definition) is 2. The first-order chi connectivity index (χ1) is 9.41. The smallest absolute Gasteiger partial charge is 0.316 e. The van der Waals surface area contributed by atoms with E-state index < -0.39 is 11.7 Å². The van der Waals surface area contributed by atoms with Crippen LogP contribution in [0.2, 0.25) is 0 Å². The maximum atomic E-state index is 12.5. The van der Waals surface area contributed by atoms with Crippen molar-refractivity contribution in [3.05, 3.63) is 53.2 Å². The van der Waals surface area contributed by atoms with Crippen molar-refractivity contribution in [3.8, 4) is 11.3 Å². The van der Waals surface area contributed by atoms with Crippen LogP contribution in [0.4, 0.5) is 13.2 Å². The minimum absolute atomic E-state index is 0.648. The normalized spacial score (nSPS) is 11.7. The Balaban J connectivity index is 2.30. The van der Waals surface area contributed by atoms with Crippen LogP contribution >= 0.6 is 0 Å². The molecule has 0 atom stereocenters. The van der Waals surface area contributed by atoms with E-state index >= 15 is 0 Å². The molecule has 1 aromatic carbocycles. The Morgan fingerprint density at radius 2 is 1.70 bits per heavy atom. The second-order valence-electron chi connectivity index (χ2n) is 4.55. The molecule has 0 amide bonds. The number of halogens is 3. The second-order valence-corrected chi connectivity index (χ2v) is 4.55. The lowest BCUT2D eigenvalue weighted by Gasteiger charge is -2.09. The topological polar surface area (TPSA) is 24.9 Å². The summed E-state index contributed by atoms with van der Waals surface area (Å²) in [5.74, 6) is 0. The summed E-state index contributed by atoms with van der Waals surface area (Å²) in [6.45, 7) is 2.60. The van der Waals surface area contributed by atoms with Gasteiger partial charge in [-0.05, 0) is 37.7 Å². The van der Waals surface area contributed by atoms with Crippen molar-refractivity contribution in [2.24, 2.45) is 0 Å². The lowest BCUT2D eigenvalue weighted by Crippen LogP contribution is -2.07. The van der Waals surface area contributed by atoms with E-state index in [1.807, 2.05) is 26.1 Å². The zero-order chi connectivity index (χ0) is 14.8. The van der Waals surface area contributed by atoms with E-state index in [4.69, 9.17) is 0 Å². The third kappa shape index (κ3) is 3.17. The fourth-order valence-electron chi connectivity index (χ4n) is 1.96. The van der Waals surface area contributed by atoms with E-state index in [2.05, 4.69) is 10.3 Å². The molecule has 1 aromatic heterocycles. The van der Waals surface area contributed by atoms with E-state index in [9.17, 15) is 13.2 Å². The Morgan fingerprint density at radius 1 is 1.05 bits per heavy atom. The predicted octanol–water partition coefficient (Wildman–Crippen LogP) is 3.80. The molecule has 2 aromatic rings. The minimum Gasteiger partial charge on any atom is -0.316 e. The average molecular weight is 280 g/mol. The van der Waals surface area contributed by atoms with E-state index in [1.54, 1.807) is 0 Å². The fraction of sp³-hybridized carbons (Fsp3) is 0.267. The number of aromatic nitrogens is 1. The van der Waals surface area contributed by atoms with E-state index in [1.165, 1.54) is 12.1 Å². The number of benzene rings is 1. The summed E-state index contributed by atoms with van der Waals surface area (Å²) in [5, 5.41) is 3.04. The van der Waals surface area contributed by atoms with Crippen LogP contribution < -0.4 is 5.32 Å². The number of aryl methyl sites for hydroxylation is 1. The molecule has 1 N–H and O–H groups in total. The Labute approximate surface area is 115 Å². The molecule has 2 nitrogen and oxygen atoms in total. The molecule has 106 valence electrons. The molecule has 0 aliphatic rings. The van der Waals surface area contributed by atoms with Gasteiger partial charge in [0.1, 0.15) is 0 Å². The summed E-state index contributed by atoms with van der Waals surface area (Å²) in [6, 6.07) is 8.81. The summed E-state index contributed by atoms with van der Waals surface area (Å²) in [7, 11) is 1.85. The van der Waals surface area contributed by atoms with Crippen LogP contribution in [-0.4, -0.2) is 12.0 Å². The van der Waals surface area contributed by atoms with E-state index in [0.29, 0.717) is 17.8 Å². The first-order valence-corrected chi connectivity index (χ1v) is 6.20. The first kappa shape index (κ1) is 14.5. The zero-order valence-corrected chi connectivity index (χ0v) is 11.3. The van der Waals surface area contributed by atoms with Gasteiger partial charge in [0.25, 0.3) is 0 Å². The molecule has 0 bridgehead atoms. The highest BCUT2D eigenvalue weighted by Crippen LogP contribution is 2.30. The lowest BCUT2D eigenvalue weighted by molar-refractivity contribution is -0.137. The van der Waals surface area contributed by atoms with Gasteiger partial charge in [-0.3, -0.25) is 4.98 Å². The van der Waals surface area contributed by atoms with Gasteiger partial charge >= 0.3 is 6.18 Å². The summed E-state index contributed by atoms with van der Waals surface area (Å²) in [6.07, 6.45) is -4.31. The van der Waals surface area contributed by atoms with Crippen LogP contribution in [0, 0.1) is 6.92 Å². The monoisotopic (exact) mass is 280 g/mol. The van der Waals surface area contributed by atoms with Crippen LogP contribution in [0.5, 0.6) is 0 Å². The largest absolute Gasteiger partial charge is 0.416 e. The molecule has 0 aliphatic carbocycles. The Hall–Kier alpha value is -1.88. The van der Waals surface area contributed by atoms with Gasteiger partial charge in [-0.15, -0.1) is 0 Å². The van der Waals surface area contributed by atoms with Gasteiger partial charge in [0.15, 0.2) is 0 Å². The van der Waals surface area contributed by atoms with Crippen molar-refractivity contribution < 1.29 is 13.2 Å². The van der Waals surface area contributed by atoms with Gasteiger partial charge < -0.3 is 5.32 Å². The molecule has 1 heterocycles. The van der Waals surface area contributed by atoms with E-state index in [0.717, 1.165) is 23.4 Å². The second kappa shape index (κ2) is 5.63. The maximum Gasteiger partial charge on any atom is 0.416 e. The zero-order valence-electron chi connectivity index (χ0n) is 11.3. The van der Waals surface area contributed by atoms with Crippen molar-refractivity contribution in [2.45, 2.75) is 19.6 Å². The van der Waals surface area contributed by atoms with Gasteiger partial charge in [0.05, 0.1) is 11.3 Å².